The molecule has 4 heterocycles. The fraction of sp³-hybridized carbons (Fsp3) is 0.476. The van der Waals surface area contributed by atoms with E-state index in [1.807, 2.05) is 36.6 Å². The number of rotatable bonds is 4. The van der Waals surface area contributed by atoms with Gasteiger partial charge in [-0.05, 0) is 36.5 Å². The van der Waals surface area contributed by atoms with Gasteiger partial charge in [0.2, 0.25) is 5.91 Å². The number of carbonyl (C=O) groups excluding carboxylic acids is 1. The van der Waals surface area contributed by atoms with Gasteiger partial charge in [0.05, 0.1) is 11.9 Å². The van der Waals surface area contributed by atoms with Crippen molar-refractivity contribution in [1.29, 1.82) is 0 Å². The summed E-state index contributed by atoms with van der Waals surface area (Å²) >= 11 is 0. The SMILES string of the molecule is CC(C)CC(=O)Nc1ccc(N2C[C@H]3C[C@@H](C2)c2cccc(=O)n2C3)nc1. The second-order valence-electron chi connectivity index (χ2n) is 8.15. The molecule has 0 radical (unpaired) electrons. The Bertz CT molecular complexity index is 888. The first-order chi connectivity index (χ1) is 13.0. The molecule has 2 atom stereocenters. The van der Waals surface area contributed by atoms with E-state index in [0.29, 0.717) is 24.2 Å². The number of piperidine rings is 1. The lowest BCUT2D eigenvalue weighted by Gasteiger charge is -2.43. The van der Waals surface area contributed by atoms with Gasteiger partial charge in [-0.15, -0.1) is 0 Å². The van der Waals surface area contributed by atoms with Gasteiger partial charge in [0.1, 0.15) is 5.82 Å². The van der Waals surface area contributed by atoms with Gasteiger partial charge >= 0.3 is 0 Å². The van der Waals surface area contributed by atoms with Crippen molar-refractivity contribution in [1.82, 2.24) is 9.55 Å². The molecule has 4 rings (SSSR count). The first-order valence-electron chi connectivity index (χ1n) is 9.70. The summed E-state index contributed by atoms with van der Waals surface area (Å²) in [4.78, 5) is 30.9. The molecular weight excluding hydrogens is 340 g/mol. The highest BCUT2D eigenvalue weighted by Gasteiger charge is 2.34. The predicted octanol–water partition coefficient (Wildman–Crippen LogP) is 2.85. The second-order valence-corrected chi connectivity index (χ2v) is 8.15. The Kier molecular flexibility index (Phi) is 4.72. The quantitative estimate of drug-likeness (QED) is 0.904. The molecule has 2 aromatic rings. The van der Waals surface area contributed by atoms with Crippen molar-refractivity contribution < 1.29 is 4.79 Å². The molecule has 6 nitrogen and oxygen atoms in total. The molecule has 2 aromatic heterocycles. The lowest BCUT2D eigenvalue weighted by Crippen LogP contribution is -2.47. The number of amides is 1. The third-order valence-corrected chi connectivity index (χ3v) is 5.43. The average molecular weight is 366 g/mol. The molecule has 2 bridgehead atoms. The standard InChI is InChI=1S/C21H26N4O2/c1-14(2)8-20(26)23-17-6-7-19(22-10-17)24-11-15-9-16(13-24)18-4-3-5-21(27)25(18)12-15/h3-7,10,14-16H,8-9,11-13H2,1-2H3,(H,23,26)/t15-,16+/m1/s1. The van der Waals surface area contributed by atoms with Gasteiger partial charge in [-0.3, -0.25) is 9.59 Å². The Morgan fingerprint density at radius 1 is 1.22 bits per heavy atom. The fourth-order valence-electron chi connectivity index (χ4n) is 4.31. The molecule has 0 aromatic carbocycles. The number of pyridine rings is 2. The van der Waals surface area contributed by atoms with E-state index in [1.54, 1.807) is 12.3 Å². The van der Waals surface area contributed by atoms with Crippen LogP contribution >= 0.6 is 0 Å². The van der Waals surface area contributed by atoms with Gasteiger partial charge in [-0.25, -0.2) is 4.98 Å². The zero-order chi connectivity index (χ0) is 19.0. The van der Waals surface area contributed by atoms with Crippen LogP contribution in [-0.4, -0.2) is 28.5 Å². The number of nitrogens with one attached hydrogen (secondary N) is 1. The van der Waals surface area contributed by atoms with Gasteiger partial charge in [0.25, 0.3) is 5.56 Å². The van der Waals surface area contributed by atoms with Gasteiger partial charge in [0, 0.05) is 43.7 Å². The lowest BCUT2D eigenvalue weighted by molar-refractivity contribution is -0.116. The largest absolute Gasteiger partial charge is 0.356 e. The van der Waals surface area contributed by atoms with E-state index >= 15 is 0 Å². The molecule has 1 amide bonds. The maximum atomic E-state index is 12.1. The summed E-state index contributed by atoms with van der Waals surface area (Å²) in [5.41, 5.74) is 1.98. The minimum atomic E-state index is 0.0223. The monoisotopic (exact) mass is 366 g/mol. The Morgan fingerprint density at radius 3 is 2.81 bits per heavy atom. The van der Waals surface area contributed by atoms with E-state index < -0.39 is 0 Å². The molecule has 1 N–H and O–H groups in total. The Balaban J connectivity index is 1.48. The van der Waals surface area contributed by atoms with Crippen LogP contribution in [-0.2, 0) is 11.3 Å². The summed E-state index contributed by atoms with van der Waals surface area (Å²) in [6, 6.07) is 9.48. The van der Waals surface area contributed by atoms with E-state index in [0.717, 1.165) is 43.3 Å². The van der Waals surface area contributed by atoms with Crippen LogP contribution < -0.4 is 15.8 Å². The van der Waals surface area contributed by atoms with Crippen LogP contribution in [0, 0.1) is 11.8 Å². The zero-order valence-electron chi connectivity index (χ0n) is 15.9. The summed E-state index contributed by atoms with van der Waals surface area (Å²) in [7, 11) is 0. The summed E-state index contributed by atoms with van der Waals surface area (Å²) in [6.07, 6.45) is 3.37. The van der Waals surface area contributed by atoms with Crippen molar-refractivity contribution >= 4 is 17.4 Å². The van der Waals surface area contributed by atoms with Crippen LogP contribution in [0.15, 0.2) is 41.3 Å². The lowest BCUT2D eigenvalue weighted by atomic mass is 9.83. The number of hydrogen-bond donors (Lipinski definition) is 1. The van der Waals surface area contributed by atoms with E-state index in [9.17, 15) is 9.59 Å². The number of carbonyl (C=O) groups is 1. The maximum absolute atomic E-state index is 12.1. The van der Waals surface area contributed by atoms with Crippen molar-refractivity contribution in [3.63, 3.8) is 0 Å². The molecule has 27 heavy (non-hydrogen) atoms. The minimum absolute atomic E-state index is 0.0223. The third-order valence-electron chi connectivity index (χ3n) is 5.43. The van der Waals surface area contributed by atoms with Crippen LogP contribution in [0.1, 0.15) is 38.3 Å². The van der Waals surface area contributed by atoms with Crippen molar-refractivity contribution in [2.45, 2.75) is 39.2 Å². The summed E-state index contributed by atoms with van der Waals surface area (Å²) in [5.74, 6) is 2.11. The Labute approximate surface area is 159 Å². The van der Waals surface area contributed by atoms with Crippen molar-refractivity contribution in [3.8, 4) is 0 Å². The number of hydrogen-bond acceptors (Lipinski definition) is 4. The normalized spacial score (nSPS) is 21.1. The molecule has 0 unspecified atom stereocenters. The number of aromatic nitrogens is 2. The fourth-order valence-corrected chi connectivity index (χ4v) is 4.31. The van der Waals surface area contributed by atoms with Crippen LogP contribution in [0.5, 0.6) is 0 Å². The zero-order valence-corrected chi connectivity index (χ0v) is 15.9. The predicted molar refractivity (Wildman–Crippen MR) is 106 cm³/mol. The molecule has 2 aliphatic heterocycles. The molecule has 0 spiro atoms. The van der Waals surface area contributed by atoms with E-state index in [2.05, 4.69) is 21.3 Å². The van der Waals surface area contributed by atoms with Gasteiger partial charge in [-0.2, -0.15) is 0 Å². The summed E-state index contributed by atoms with van der Waals surface area (Å²) in [6.45, 7) is 6.61. The van der Waals surface area contributed by atoms with Gasteiger partial charge in [-0.1, -0.05) is 19.9 Å². The van der Waals surface area contributed by atoms with Crippen LogP contribution in [0.2, 0.25) is 0 Å². The van der Waals surface area contributed by atoms with Crippen LogP contribution in [0.3, 0.4) is 0 Å². The van der Waals surface area contributed by atoms with Gasteiger partial charge in [0.15, 0.2) is 0 Å². The smallest absolute Gasteiger partial charge is 0.250 e. The van der Waals surface area contributed by atoms with Crippen LogP contribution in [0.4, 0.5) is 11.5 Å². The molecule has 1 saturated heterocycles. The van der Waals surface area contributed by atoms with Gasteiger partial charge < -0.3 is 14.8 Å². The van der Waals surface area contributed by atoms with Crippen LogP contribution in [0.25, 0.3) is 0 Å². The second kappa shape index (κ2) is 7.18. The Hall–Kier alpha value is -2.63. The molecule has 0 aliphatic carbocycles. The highest BCUT2D eigenvalue weighted by Crippen LogP contribution is 2.36. The minimum Gasteiger partial charge on any atom is -0.356 e. The summed E-state index contributed by atoms with van der Waals surface area (Å²) < 4.78 is 1.94. The molecule has 2 aliphatic rings. The van der Waals surface area contributed by atoms with Crippen molar-refractivity contribution in [2.24, 2.45) is 11.8 Å². The number of nitrogens with zero attached hydrogens (tertiary/aromatic N) is 3. The molecule has 1 fully saturated rings. The molecular formula is C21H26N4O2. The third kappa shape index (κ3) is 3.75. The van der Waals surface area contributed by atoms with Crippen molar-refractivity contribution in [2.75, 3.05) is 23.3 Å². The highest BCUT2D eigenvalue weighted by atomic mass is 16.1. The highest BCUT2D eigenvalue weighted by molar-refractivity contribution is 5.90. The first-order valence-corrected chi connectivity index (χ1v) is 9.70. The molecule has 6 heteroatoms. The number of fused-ring (bicyclic) bond motifs is 4. The average Bonchev–Trinajstić information content (AvgIpc) is 2.62. The van der Waals surface area contributed by atoms with E-state index in [1.165, 1.54) is 0 Å². The molecule has 0 saturated carbocycles. The van der Waals surface area contributed by atoms with E-state index in [-0.39, 0.29) is 11.5 Å². The van der Waals surface area contributed by atoms with E-state index in [4.69, 9.17) is 0 Å². The first kappa shape index (κ1) is 17.8. The maximum Gasteiger partial charge on any atom is 0.250 e. The molecule has 142 valence electrons. The number of anilines is 2. The topological polar surface area (TPSA) is 67.2 Å². The Morgan fingerprint density at radius 2 is 2.07 bits per heavy atom. The summed E-state index contributed by atoms with van der Waals surface area (Å²) in [5, 5.41) is 2.90. The van der Waals surface area contributed by atoms with Crippen molar-refractivity contribution in [3.05, 3.63) is 52.6 Å².